The smallest absolute Gasteiger partial charge is 0.256 e. The molecular formula is C12H14Cl2FNO. The maximum absolute atomic E-state index is 13.5. The minimum Gasteiger partial charge on any atom is -0.348 e. The molecule has 1 aromatic carbocycles. The molecule has 0 heterocycles. The average molecular weight is 278 g/mol. The van der Waals surface area contributed by atoms with Crippen molar-refractivity contribution in [3.8, 4) is 0 Å². The van der Waals surface area contributed by atoms with Crippen molar-refractivity contribution < 1.29 is 9.18 Å². The third-order valence-corrected chi connectivity index (χ3v) is 3.12. The first-order valence-corrected chi connectivity index (χ1v) is 6.19. The lowest BCUT2D eigenvalue weighted by molar-refractivity contribution is 0.0927. The Labute approximate surface area is 110 Å². The Morgan fingerprint density at radius 1 is 1.47 bits per heavy atom. The fourth-order valence-electron chi connectivity index (χ4n) is 1.34. The number of halogens is 3. The molecule has 5 heteroatoms. The van der Waals surface area contributed by atoms with Crippen molar-refractivity contribution in [1.29, 1.82) is 0 Å². The fourth-order valence-corrected chi connectivity index (χ4v) is 2.02. The van der Waals surface area contributed by atoms with Gasteiger partial charge in [0.05, 0.1) is 10.6 Å². The zero-order valence-electron chi connectivity index (χ0n) is 9.64. The predicted octanol–water partition coefficient (Wildman–Crippen LogP) is 3.47. The molecule has 1 rings (SSSR count). The van der Waals surface area contributed by atoms with Gasteiger partial charge in [-0.1, -0.05) is 31.5 Å². The summed E-state index contributed by atoms with van der Waals surface area (Å²) in [6.45, 7) is 3.85. The lowest BCUT2D eigenvalue weighted by Gasteiger charge is -2.20. The lowest BCUT2D eigenvalue weighted by Crippen LogP contribution is -2.40. The van der Waals surface area contributed by atoms with Gasteiger partial charge in [-0.2, -0.15) is 0 Å². The Bertz CT molecular complexity index is 389. The van der Waals surface area contributed by atoms with Crippen LogP contribution in [0.1, 0.15) is 24.2 Å². The molecule has 1 amide bonds. The highest BCUT2D eigenvalue weighted by Crippen LogP contribution is 2.19. The van der Waals surface area contributed by atoms with Crippen LogP contribution in [0.4, 0.5) is 4.39 Å². The van der Waals surface area contributed by atoms with Crippen LogP contribution >= 0.6 is 23.2 Å². The number of amides is 1. The molecular weight excluding hydrogens is 264 g/mol. The summed E-state index contributed by atoms with van der Waals surface area (Å²) in [6, 6.07) is 3.92. The number of rotatable bonds is 4. The van der Waals surface area contributed by atoms with Gasteiger partial charge in [-0.05, 0) is 18.1 Å². The number of carbonyl (C=O) groups excluding carboxylic acids is 1. The van der Waals surface area contributed by atoms with Crippen molar-refractivity contribution in [2.45, 2.75) is 19.9 Å². The first kappa shape index (κ1) is 14.3. The van der Waals surface area contributed by atoms with E-state index in [1.165, 1.54) is 18.2 Å². The molecule has 17 heavy (non-hydrogen) atoms. The van der Waals surface area contributed by atoms with Gasteiger partial charge in [0.2, 0.25) is 0 Å². The van der Waals surface area contributed by atoms with Crippen molar-refractivity contribution in [2.75, 3.05) is 5.88 Å². The van der Waals surface area contributed by atoms with E-state index in [2.05, 4.69) is 5.32 Å². The second-order valence-corrected chi connectivity index (χ2v) is 4.79. The predicted molar refractivity (Wildman–Crippen MR) is 68.2 cm³/mol. The summed E-state index contributed by atoms with van der Waals surface area (Å²) in [5.41, 5.74) is -0.134. The van der Waals surface area contributed by atoms with Gasteiger partial charge >= 0.3 is 0 Å². The highest BCUT2D eigenvalue weighted by molar-refractivity contribution is 6.33. The van der Waals surface area contributed by atoms with Crippen molar-refractivity contribution in [3.63, 3.8) is 0 Å². The van der Waals surface area contributed by atoms with Crippen molar-refractivity contribution in [2.24, 2.45) is 5.92 Å². The molecule has 0 spiro atoms. The van der Waals surface area contributed by atoms with Crippen LogP contribution in [0.3, 0.4) is 0 Å². The van der Waals surface area contributed by atoms with Crippen molar-refractivity contribution in [3.05, 3.63) is 34.6 Å². The highest BCUT2D eigenvalue weighted by atomic mass is 35.5. The van der Waals surface area contributed by atoms with Crippen LogP contribution in [0.25, 0.3) is 0 Å². The molecule has 0 saturated heterocycles. The molecule has 0 radical (unpaired) electrons. The van der Waals surface area contributed by atoms with Crippen LogP contribution < -0.4 is 5.32 Å². The maximum atomic E-state index is 13.5. The topological polar surface area (TPSA) is 29.1 Å². The van der Waals surface area contributed by atoms with Crippen molar-refractivity contribution >= 4 is 29.1 Å². The first-order chi connectivity index (χ1) is 7.97. The van der Waals surface area contributed by atoms with E-state index in [1.54, 1.807) is 0 Å². The molecule has 2 nitrogen and oxygen atoms in total. The van der Waals surface area contributed by atoms with Gasteiger partial charge < -0.3 is 5.32 Å². The van der Waals surface area contributed by atoms with Gasteiger partial charge in [0.15, 0.2) is 0 Å². The third kappa shape index (κ3) is 3.58. The minimum absolute atomic E-state index is 0.0968. The van der Waals surface area contributed by atoms with Crippen molar-refractivity contribution in [1.82, 2.24) is 5.32 Å². The summed E-state index contributed by atoms with van der Waals surface area (Å²) in [4.78, 5) is 11.9. The van der Waals surface area contributed by atoms with Gasteiger partial charge in [0.25, 0.3) is 5.91 Å². The zero-order chi connectivity index (χ0) is 13.0. The van der Waals surface area contributed by atoms with Crippen LogP contribution in [-0.4, -0.2) is 17.8 Å². The van der Waals surface area contributed by atoms with Gasteiger partial charge in [-0.15, -0.1) is 11.6 Å². The normalized spacial score (nSPS) is 12.6. The van der Waals surface area contributed by atoms with Crippen LogP contribution in [0, 0.1) is 11.7 Å². The lowest BCUT2D eigenvalue weighted by atomic mass is 10.1. The standard InChI is InChI=1S/C12H14Cl2FNO/c1-7(2)10(6-13)16-12(17)11-8(14)4-3-5-9(11)15/h3-5,7,10H,6H2,1-2H3,(H,16,17). The second kappa shape index (κ2) is 6.22. The fraction of sp³-hybridized carbons (Fsp3) is 0.417. The van der Waals surface area contributed by atoms with Crippen LogP contribution in [0.15, 0.2) is 18.2 Å². The first-order valence-electron chi connectivity index (χ1n) is 5.28. The van der Waals surface area contributed by atoms with E-state index in [1.807, 2.05) is 13.8 Å². The number of carbonyl (C=O) groups is 1. The molecule has 0 saturated carbocycles. The zero-order valence-corrected chi connectivity index (χ0v) is 11.1. The Kier molecular flexibility index (Phi) is 5.22. The molecule has 0 aliphatic heterocycles. The molecule has 0 aliphatic rings. The molecule has 94 valence electrons. The quantitative estimate of drug-likeness (QED) is 0.839. The second-order valence-electron chi connectivity index (χ2n) is 4.07. The molecule has 1 unspecified atom stereocenters. The van der Waals surface area contributed by atoms with E-state index in [-0.39, 0.29) is 28.4 Å². The SMILES string of the molecule is CC(C)C(CCl)NC(=O)c1c(F)cccc1Cl. The Hall–Kier alpha value is -0.800. The van der Waals surface area contributed by atoms with E-state index < -0.39 is 11.7 Å². The maximum Gasteiger partial charge on any atom is 0.256 e. The molecule has 1 atom stereocenters. The summed E-state index contributed by atoms with van der Waals surface area (Å²) in [5, 5.41) is 2.77. The molecule has 0 bridgehead atoms. The summed E-state index contributed by atoms with van der Waals surface area (Å²) >= 11 is 11.5. The summed E-state index contributed by atoms with van der Waals surface area (Å²) < 4.78 is 13.5. The van der Waals surface area contributed by atoms with E-state index in [9.17, 15) is 9.18 Å². The number of hydrogen-bond donors (Lipinski definition) is 1. The average Bonchev–Trinajstić information content (AvgIpc) is 2.25. The van der Waals surface area contributed by atoms with Crippen LogP contribution in [0.5, 0.6) is 0 Å². The number of nitrogens with one attached hydrogen (secondary N) is 1. The van der Waals surface area contributed by atoms with Gasteiger partial charge in [-0.25, -0.2) is 4.39 Å². The number of benzene rings is 1. The highest BCUT2D eigenvalue weighted by Gasteiger charge is 2.20. The molecule has 1 N–H and O–H groups in total. The van der Waals surface area contributed by atoms with Gasteiger partial charge in [-0.3, -0.25) is 4.79 Å². The van der Waals surface area contributed by atoms with E-state index in [4.69, 9.17) is 23.2 Å². The monoisotopic (exact) mass is 277 g/mol. The summed E-state index contributed by atoms with van der Waals surface area (Å²) in [5.74, 6) is -0.725. The van der Waals surface area contributed by atoms with Crippen LogP contribution in [-0.2, 0) is 0 Å². The minimum atomic E-state index is -0.632. The molecule has 0 aromatic heterocycles. The van der Waals surface area contributed by atoms with E-state index in [0.717, 1.165) is 0 Å². The molecule has 0 fully saturated rings. The number of alkyl halides is 1. The number of hydrogen-bond acceptors (Lipinski definition) is 1. The van der Waals surface area contributed by atoms with E-state index >= 15 is 0 Å². The van der Waals surface area contributed by atoms with Gasteiger partial charge in [0.1, 0.15) is 5.82 Å². The van der Waals surface area contributed by atoms with Gasteiger partial charge in [0, 0.05) is 11.9 Å². The van der Waals surface area contributed by atoms with Crippen LogP contribution in [0.2, 0.25) is 5.02 Å². The Morgan fingerprint density at radius 3 is 2.59 bits per heavy atom. The summed E-state index contributed by atoms with van der Waals surface area (Å²) in [6.07, 6.45) is 0. The van der Waals surface area contributed by atoms with E-state index in [0.29, 0.717) is 0 Å². The molecule has 1 aromatic rings. The Morgan fingerprint density at radius 2 is 2.12 bits per heavy atom. The third-order valence-electron chi connectivity index (χ3n) is 2.48. The molecule has 0 aliphatic carbocycles. The largest absolute Gasteiger partial charge is 0.348 e. The summed E-state index contributed by atoms with van der Waals surface area (Å²) in [7, 11) is 0. The Balaban J connectivity index is 2.90.